The van der Waals surface area contributed by atoms with E-state index in [2.05, 4.69) is 19.9 Å². The molecule has 2 aromatic heterocycles. The van der Waals surface area contributed by atoms with Gasteiger partial charge in [0.1, 0.15) is 11.2 Å². The normalized spacial score (nSPS) is 16.7. The third-order valence-corrected chi connectivity index (χ3v) is 6.18. The van der Waals surface area contributed by atoms with Crippen LogP contribution in [0.15, 0.2) is 35.3 Å². The molecule has 1 aliphatic heterocycles. The Balaban J connectivity index is 1.73. The largest absolute Gasteiger partial charge is 0.444 e. The number of aromatic nitrogens is 3. The van der Waals surface area contributed by atoms with Gasteiger partial charge in [-0.05, 0) is 57.6 Å². The van der Waals surface area contributed by atoms with Crippen LogP contribution in [0, 0.1) is 0 Å². The molecule has 1 atom stereocenters. The zero-order chi connectivity index (χ0) is 22.3. The number of piperidine rings is 1. The number of nitrogens with zero attached hydrogens (tertiary/aromatic N) is 4. The lowest BCUT2D eigenvalue weighted by Crippen LogP contribution is -2.43. The fraction of sp³-hybridized carbons (Fsp3) is 0.542. The lowest BCUT2D eigenvalue weighted by atomic mass is 9.95. The number of hydrogen-bond acceptors (Lipinski definition) is 4. The van der Waals surface area contributed by atoms with Crippen LogP contribution in [0.1, 0.15) is 71.4 Å². The van der Waals surface area contributed by atoms with Gasteiger partial charge < -0.3 is 9.64 Å². The highest BCUT2D eigenvalue weighted by Gasteiger charge is 2.29. The predicted octanol–water partition coefficient (Wildman–Crippen LogP) is 4.73. The minimum atomic E-state index is -0.515. The van der Waals surface area contributed by atoms with E-state index < -0.39 is 5.60 Å². The summed E-state index contributed by atoms with van der Waals surface area (Å²) in [5.74, 6) is 0.370. The van der Waals surface area contributed by atoms with Gasteiger partial charge in [-0.2, -0.15) is 5.10 Å². The highest BCUT2D eigenvalue weighted by atomic mass is 16.6. The van der Waals surface area contributed by atoms with Gasteiger partial charge in [-0.15, -0.1) is 0 Å². The topological polar surface area (TPSA) is 68.8 Å². The van der Waals surface area contributed by atoms with E-state index >= 15 is 0 Å². The second kappa shape index (κ2) is 8.02. The fourth-order valence-corrected chi connectivity index (χ4v) is 4.43. The Morgan fingerprint density at radius 1 is 1.23 bits per heavy atom. The number of rotatable bonds is 3. The van der Waals surface area contributed by atoms with Crippen LogP contribution >= 0.6 is 0 Å². The van der Waals surface area contributed by atoms with Crippen LogP contribution in [0.3, 0.4) is 0 Å². The van der Waals surface area contributed by atoms with Crippen LogP contribution in [-0.4, -0.2) is 43.9 Å². The van der Waals surface area contributed by atoms with Crippen LogP contribution < -0.4 is 5.56 Å². The molecular formula is C24H32N4O3. The molecule has 0 spiro atoms. The van der Waals surface area contributed by atoms with Crippen molar-refractivity contribution in [2.24, 2.45) is 0 Å². The van der Waals surface area contributed by atoms with Crippen molar-refractivity contribution in [2.45, 2.75) is 71.4 Å². The van der Waals surface area contributed by atoms with Crippen molar-refractivity contribution in [1.82, 2.24) is 19.1 Å². The number of ether oxygens (including phenoxy) is 1. The lowest BCUT2D eigenvalue weighted by Gasteiger charge is -2.34. The minimum absolute atomic E-state index is 0.0137. The first kappa shape index (κ1) is 21.4. The monoisotopic (exact) mass is 424 g/mol. The molecule has 1 saturated heterocycles. The summed E-state index contributed by atoms with van der Waals surface area (Å²) >= 11 is 0. The van der Waals surface area contributed by atoms with Gasteiger partial charge in [0.05, 0.1) is 5.52 Å². The Hall–Kier alpha value is -2.83. The molecule has 1 aromatic carbocycles. The second-order valence-corrected chi connectivity index (χ2v) is 9.54. The van der Waals surface area contributed by atoms with Crippen molar-refractivity contribution < 1.29 is 9.53 Å². The van der Waals surface area contributed by atoms with Crippen LogP contribution in [0.4, 0.5) is 4.79 Å². The number of likely N-dealkylation sites (tertiary alicyclic amines) is 1. The second-order valence-electron chi connectivity index (χ2n) is 9.54. The maximum absolute atomic E-state index is 13.0. The zero-order valence-corrected chi connectivity index (χ0v) is 19.1. The van der Waals surface area contributed by atoms with E-state index in [-0.39, 0.29) is 17.7 Å². The molecule has 0 aliphatic carbocycles. The highest BCUT2D eigenvalue weighted by molar-refractivity contribution is 5.95. The van der Waals surface area contributed by atoms with Gasteiger partial charge >= 0.3 is 6.09 Å². The lowest BCUT2D eigenvalue weighted by molar-refractivity contribution is 0.0188. The highest BCUT2D eigenvalue weighted by Crippen LogP contribution is 2.32. The Morgan fingerprint density at radius 2 is 1.94 bits per heavy atom. The molecule has 1 fully saturated rings. The number of benzene rings is 1. The number of carbonyl (C=O) groups is 1. The molecular weight excluding hydrogens is 392 g/mol. The molecule has 7 nitrogen and oxygen atoms in total. The Morgan fingerprint density at radius 3 is 2.58 bits per heavy atom. The maximum atomic E-state index is 13.0. The van der Waals surface area contributed by atoms with E-state index in [9.17, 15) is 9.59 Å². The molecule has 166 valence electrons. The van der Waals surface area contributed by atoms with Crippen LogP contribution in [0.2, 0.25) is 0 Å². The van der Waals surface area contributed by atoms with Crippen molar-refractivity contribution in [3.63, 3.8) is 0 Å². The summed E-state index contributed by atoms with van der Waals surface area (Å²) in [5, 5.41) is 5.80. The third-order valence-electron chi connectivity index (χ3n) is 6.18. The van der Waals surface area contributed by atoms with Gasteiger partial charge in [0.25, 0.3) is 5.56 Å². The van der Waals surface area contributed by atoms with Gasteiger partial charge in [0, 0.05) is 36.8 Å². The molecule has 0 N–H and O–H groups in total. The van der Waals surface area contributed by atoms with E-state index in [1.54, 1.807) is 17.2 Å². The molecule has 1 aliphatic rings. The van der Waals surface area contributed by atoms with Crippen molar-refractivity contribution in [3.8, 4) is 0 Å². The summed E-state index contributed by atoms with van der Waals surface area (Å²) in [4.78, 5) is 27.2. The molecule has 0 radical (unpaired) electrons. The minimum Gasteiger partial charge on any atom is -0.444 e. The van der Waals surface area contributed by atoms with Crippen molar-refractivity contribution in [2.75, 3.05) is 13.1 Å². The number of amides is 1. The average molecular weight is 425 g/mol. The molecule has 3 aromatic rings. The Labute approximate surface area is 182 Å². The summed E-state index contributed by atoms with van der Waals surface area (Å²) in [6, 6.07) is 7.79. The number of fused-ring (bicyclic) bond motifs is 3. The average Bonchev–Trinajstić information content (AvgIpc) is 3.11. The Bertz CT molecular complexity index is 1160. The first-order chi connectivity index (χ1) is 14.7. The summed E-state index contributed by atoms with van der Waals surface area (Å²) in [5.41, 5.74) is 2.45. The van der Waals surface area contributed by atoms with E-state index in [0.29, 0.717) is 31.8 Å². The summed E-state index contributed by atoms with van der Waals surface area (Å²) < 4.78 is 9.24. The van der Waals surface area contributed by atoms with E-state index in [1.165, 1.54) is 5.56 Å². The van der Waals surface area contributed by atoms with Gasteiger partial charge in [-0.25, -0.2) is 9.31 Å². The van der Waals surface area contributed by atoms with Crippen molar-refractivity contribution in [3.05, 3.63) is 46.4 Å². The molecule has 0 saturated carbocycles. The number of carbonyl (C=O) groups excluding carboxylic acids is 1. The smallest absolute Gasteiger partial charge is 0.410 e. The van der Waals surface area contributed by atoms with E-state index in [1.807, 2.05) is 42.0 Å². The Kier molecular flexibility index (Phi) is 5.54. The SMILES string of the molecule is CCC(C)c1cccc2nn3ccc(=O)n(C4CCN(C(=O)OC(C)(C)C)CC4)c3c12. The van der Waals surface area contributed by atoms with Crippen LogP contribution in [0.25, 0.3) is 16.6 Å². The molecule has 4 rings (SSSR count). The fourth-order valence-electron chi connectivity index (χ4n) is 4.43. The van der Waals surface area contributed by atoms with Crippen LogP contribution in [0.5, 0.6) is 0 Å². The first-order valence-corrected chi connectivity index (χ1v) is 11.2. The molecule has 0 bridgehead atoms. The summed E-state index contributed by atoms with van der Waals surface area (Å²) in [6.45, 7) is 11.1. The maximum Gasteiger partial charge on any atom is 0.410 e. The standard InChI is InChI=1S/C24H32N4O3/c1-6-16(2)18-8-7-9-19-21(18)22-27(25-19)15-12-20(29)28(22)17-10-13-26(14-11-17)23(30)31-24(3,4)5/h7-9,12,15-17H,6,10-11,13-14H2,1-5H3. The molecule has 3 heterocycles. The quantitative estimate of drug-likeness (QED) is 0.609. The summed E-state index contributed by atoms with van der Waals surface area (Å²) in [7, 11) is 0. The predicted molar refractivity (Wildman–Crippen MR) is 122 cm³/mol. The van der Waals surface area contributed by atoms with Gasteiger partial charge in [0.2, 0.25) is 0 Å². The van der Waals surface area contributed by atoms with Gasteiger partial charge in [-0.3, -0.25) is 9.36 Å². The molecule has 31 heavy (non-hydrogen) atoms. The zero-order valence-electron chi connectivity index (χ0n) is 19.1. The number of hydrogen-bond donors (Lipinski definition) is 0. The van der Waals surface area contributed by atoms with Crippen LogP contribution in [-0.2, 0) is 4.74 Å². The van der Waals surface area contributed by atoms with E-state index in [0.717, 1.165) is 23.0 Å². The van der Waals surface area contributed by atoms with Crippen molar-refractivity contribution >= 4 is 22.6 Å². The van der Waals surface area contributed by atoms with Gasteiger partial charge in [0.15, 0.2) is 0 Å². The molecule has 7 heteroatoms. The summed E-state index contributed by atoms with van der Waals surface area (Å²) in [6.07, 6.45) is 3.89. The molecule has 1 amide bonds. The van der Waals surface area contributed by atoms with Gasteiger partial charge in [-0.1, -0.05) is 26.0 Å². The molecule has 1 unspecified atom stereocenters. The first-order valence-electron chi connectivity index (χ1n) is 11.2. The third kappa shape index (κ3) is 4.05. The van der Waals surface area contributed by atoms with Crippen molar-refractivity contribution in [1.29, 1.82) is 0 Å². The van der Waals surface area contributed by atoms with E-state index in [4.69, 9.17) is 9.84 Å².